The number of carbonyl (C=O) groups excluding carboxylic acids is 3. The number of benzene rings is 1. The second-order valence-electron chi connectivity index (χ2n) is 10.4. The van der Waals surface area contributed by atoms with Crippen molar-refractivity contribution >= 4 is 17.8 Å². The number of esters is 2. The molecule has 4 aliphatic rings. The van der Waals surface area contributed by atoms with E-state index < -0.39 is 47.2 Å². The van der Waals surface area contributed by atoms with Gasteiger partial charge in [0.15, 0.2) is 23.7 Å². The van der Waals surface area contributed by atoms with Crippen LogP contribution in [0.3, 0.4) is 0 Å². The summed E-state index contributed by atoms with van der Waals surface area (Å²) in [7, 11) is 1.98. The van der Waals surface area contributed by atoms with Gasteiger partial charge in [-0.1, -0.05) is 6.07 Å². The molecule has 2 aliphatic heterocycles. The van der Waals surface area contributed by atoms with Crippen LogP contribution < -0.4 is 10.1 Å². The summed E-state index contributed by atoms with van der Waals surface area (Å²) in [4.78, 5) is 38.6. The molecule has 1 spiro atoms. The number of hydrogen-bond acceptors (Lipinski definition) is 10. The predicted octanol–water partition coefficient (Wildman–Crippen LogP) is 0.0319. The number of ether oxygens (including phenoxy) is 3. The van der Waals surface area contributed by atoms with Crippen molar-refractivity contribution in [3.63, 3.8) is 0 Å². The summed E-state index contributed by atoms with van der Waals surface area (Å²) in [6.45, 7) is 3.33. The predicted molar refractivity (Wildman–Crippen MR) is 128 cm³/mol. The molecule has 37 heavy (non-hydrogen) atoms. The van der Waals surface area contributed by atoms with E-state index in [1.807, 2.05) is 13.1 Å². The Morgan fingerprint density at radius 3 is 2.78 bits per heavy atom. The Morgan fingerprint density at radius 2 is 2.05 bits per heavy atom. The van der Waals surface area contributed by atoms with E-state index in [4.69, 9.17) is 14.2 Å². The minimum atomic E-state index is -1.23. The molecule has 1 aromatic rings. The van der Waals surface area contributed by atoms with Crippen molar-refractivity contribution < 1.29 is 43.9 Å². The maximum absolute atomic E-state index is 12.9. The van der Waals surface area contributed by atoms with E-state index in [-0.39, 0.29) is 36.9 Å². The number of likely N-dealkylation sites (N-methyl/N-ethyl adjacent to an activating group) is 1. The minimum Gasteiger partial charge on any atom is -0.504 e. The fourth-order valence-corrected chi connectivity index (χ4v) is 6.38. The Bertz CT molecular complexity index is 1180. The van der Waals surface area contributed by atoms with Crippen molar-refractivity contribution in [2.45, 2.75) is 74.9 Å². The fourth-order valence-electron chi connectivity index (χ4n) is 6.38. The van der Waals surface area contributed by atoms with Crippen LogP contribution in [0.4, 0.5) is 0 Å². The van der Waals surface area contributed by atoms with Crippen LogP contribution in [0.1, 0.15) is 44.2 Å². The highest BCUT2D eigenvalue weighted by Gasteiger charge is 2.72. The van der Waals surface area contributed by atoms with Gasteiger partial charge in [-0.2, -0.15) is 0 Å². The van der Waals surface area contributed by atoms with Crippen molar-refractivity contribution in [3.05, 3.63) is 35.1 Å². The lowest BCUT2D eigenvalue weighted by Crippen LogP contribution is -2.74. The SMILES string of the molecule is C[C@H](O)C(=O)NCCC(=O)O[C@@H](C)C(=O)OC1=CC[C@@]2(O)[C@H]3Cc4ccc(O)c5c4[C@@]2(CCN3C)[C@H]1O5. The molecule has 2 aliphatic carbocycles. The third kappa shape index (κ3) is 3.79. The normalized spacial score (nSPS) is 30.8. The van der Waals surface area contributed by atoms with Crippen molar-refractivity contribution in [3.8, 4) is 11.5 Å². The van der Waals surface area contributed by atoms with Crippen LogP contribution in [-0.4, -0.2) is 88.2 Å². The second kappa shape index (κ2) is 9.00. The van der Waals surface area contributed by atoms with Gasteiger partial charge in [0.2, 0.25) is 5.91 Å². The average Bonchev–Trinajstić information content (AvgIpc) is 3.20. The maximum Gasteiger partial charge on any atom is 0.352 e. The minimum absolute atomic E-state index is 0.0297. The van der Waals surface area contributed by atoms with E-state index in [1.165, 1.54) is 13.8 Å². The first-order valence-corrected chi connectivity index (χ1v) is 12.5. The first kappa shape index (κ1) is 25.5. The Morgan fingerprint density at radius 1 is 1.30 bits per heavy atom. The van der Waals surface area contributed by atoms with Gasteiger partial charge in [0.05, 0.1) is 17.4 Å². The number of phenolic OH excluding ortho intramolecular Hbond substituents is 1. The summed E-state index contributed by atoms with van der Waals surface area (Å²) in [5.41, 5.74) is -0.293. The van der Waals surface area contributed by atoms with Crippen molar-refractivity contribution in [1.82, 2.24) is 10.2 Å². The maximum atomic E-state index is 12.9. The van der Waals surface area contributed by atoms with Crippen molar-refractivity contribution in [2.24, 2.45) is 0 Å². The van der Waals surface area contributed by atoms with Crippen LogP contribution in [0.2, 0.25) is 0 Å². The number of aliphatic hydroxyl groups is 2. The number of nitrogens with zero attached hydrogens (tertiary/aromatic N) is 1. The Hall–Kier alpha value is -3.15. The fraction of sp³-hybridized carbons (Fsp3) is 0.577. The molecular formula is C26H32N2O9. The lowest BCUT2D eigenvalue weighted by molar-refractivity contribution is -0.175. The second-order valence-corrected chi connectivity index (χ2v) is 10.4. The van der Waals surface area contributed by atoms with Crippen LogP contribution >= 0.6 is 0 Å². The lowest BCUT2D eigenvalue weighted by Gasteiger charge is -2.61. The van der Waals surface area contributed by atoms with Gasteiger partial charge in [-0.25, -0.2) is 4.79 Å². The molecular weight excluding hydrogens is 484 g/mol. The van der Waals surface area contributed by atoms with Crippen LogP contribution in [-0.2, 0) is 35.7 Å². The van der Waals surface area contributed by atoms with Gasteiger partial charge in [0, 0.05) is 24.6 Å². The average molecular weight is 517 g/mol. The molecule has 1 aromatic carbocycles. The zero-order valence-corrected chi connectivity index (χ0v) is 21.0. The molecule has 2 bridgehead atoms. The summed E-state index contributed by atoms with van der Waals surface area (Å²) in [6, 6.07) is 3.28. The van der Waals surface area contributed by atoms with Gasteiger partial charge in [-0.05, 0) is 58.0 Å². The largest absolute Gasteiger partial charge is 0.504 e. The van der Waals surface area contributed by atoms with Gasteiger partial charge < -0.3 is 39.7 Å². The molecule has 2 heterocycles. The standard InChI is InChI=1S/C26H32N2O9/c1-13(29)23(32)27-10-7-19(31)35-14(2)24(33)36-17-6-8-26(34)18-12-15-4-5-16(30)21-20(15)25(26,22(17)37-21)9-11-28(18)3/h4-6,13-14,18,22,29-30,34H,7-12H2,1-3H3,(H,27,32)/t13-,14-,18+,22-,25-,26+/m0/s1. The van der Waals surface area contributed by atoms with E-state index >= 15 is 0 Å². The number of likely N-dealkylation sites (tertiary alicyclic amines) is 1. The Labute approximate surface area is 214 Å². The molecule has 4 N–H and O–H groups in total. The van der Waals surface area contributed by atoms with Crippen LogP contribution in [0.5, 0.6) is 11.5 Å². The van der Waals surface area contributed by atoms with Crippen LogP contribution in [0.25, 0.3) is 0 Å². The molecule has 1 amide bonds. The molecule has 0 saturated carbocycles. The van der Waals surface area contributed by atoms with E-state index in [2.05, 4.69) is 10.2 Å². The number of piperidine rings is 1. The van der Waals surface area contributed by atoms with Crippen molar-refractivity contribution in [2.75, 3.05) is 20.1 Å². The molecule has 0 unspecified atom stereocenters. The summed E-state index contributed by atoms with van der Waals surface area (Å²) in [6.07, 6.45) is -0.402. The quantitative estimate of drug-likeness (QED) is 0.365. The molecule has 1 saturated heterocycles. The number of aromatic hydroxyl groups is 1. The van der Waals surface area contributed by atoms with Gasteiger partial charge in [-0.15, -0.1) is 0 Å². The van der Waals surface area contributed by atoms with Gasteiger partial charge in [0.1, 0.15) is 11.9 Å². The number of aliphatic hydroxyl groups excluding tert-OH is 1. The van der Waals surface area contributed by atoms with E-state index in [1.54, 1.807) is 12.1 Å². The lowest BCUT2D eigenvalue weighted by atomic mass is 9.50. The third-order valence-electron chi connectivity index (χ3n) is 8.22. The number of nitrogens with one attached hydrogen (secondary N) is 1. The molecule has 0 radical (unpaired) electrons. The smallest absolute Gasteiger partial charge is 0.352 e. The monoisotopic (exact) mass is 516 g/mol. The highest BCUT2D eigenvalue weighted by atomic mass is 16.6. The topological polar surface area (TPSA) is 155 Å². The highest BCUT2D eigenvalue weighted by molar-refractivity contribution is 5.82. The Balaban J connectivity index is 1.33. The number of phenols is 1. The van der Waals surface area contributed by atoms with E-state index in [0.29, 0.717) is 25.1 Å². The molecule has 0 aromatic heterocycles. The van der Waals surface area contributed by atoms with Crippen LogP contribution in [0.15, 0.2) is 24.0 Å². The Kier molecular flexibility index (Phi) is 6.20. The summed E-state index contributed by atoms with van der Waals surface area (Å²) in [5, 5.41) is 34.3. The van der Waals surface area contributed by atoms with Crippen molar-refractivity contribution in [1.29, 1.82) is 0 Å². The number of rotatable bonds is 7. The first-order chi connectivity index (χ1) is 17.5. The summed E-state index contributed by atoms with van der Waals surface area (Å²) < 4.78 is 17.1. The first-order valence-electron chi connectivity index (χ1n) is 12.5. The summed E-state index contributed by atoms with van der Waals surface area (Å²) in [5.74, 6) is -1.64. The van der Waals surface area contributed by atoms with Gasteiger partial charge >= 0.3 is 11.9 Å². The highest BCUT2D eigenvalue weighted by Crippen LogP contribution is 2.65. The van der Waals surface area contributed by atoms with Gasteiger partial charge in [-0.3, -0.25) is 9.59 Å². The number of carbonyl (C=O) groups is 3. The van der Waals surface area contributed by atoms with Gasteiger partial charge in [0.25, 0.3) is 0 Å². The number of amides is 1. The molecule has 1 fully saturated rings. The van der Waals surface area contributed by atoms with Crippen LogP contribution in [0, 0.1) is 0 Å². The summed E-state index contributed by atoms with van der Waals surface area (Å²) >= 11 is 0. The third-order valence-corrected chi connectivity index (χ3v) is 8.22. The molecule has 11 heteroatoms. The van der Waals surface area contributed by atoms with E-state index in [9.17, 15) is 29.7 Å². The van der Waals surface area contributed by atoms with E-state index in [0.717, 1.165) is 11.1 Å². The molecule has 11 nitrogen and oxygen atoms in total. The zero-order valence-electron chi connectivity index (χ0n) is 21.0. The number of hydrogen-bond donors (Lipinski definition) is 4. The zero-order chi connectivity index (χ0) is 26.7. The molecule has 200 valence electrons. The molecule has 5 rings (SSSR count). The molecule has 6 atom stereocenters.